The van der Waals surface area contributed by atoms with Crippen LogP contribution in [0.2, 0.25) is 0 Å². The lowest BCUT2D eigenvalue weighted by molar-refractivity contribution is -0.210. The van der Waals surface area contributed by atoms with Crippen LogP contribution in [-0.2, 0) is 0 Å². The zero-order chi connectivity index (χ0) is 12.6. The fourth-order valence-electron chi connectivity index (χ4n) is 1.59. The molecule has 0 radical (unpaired) electrons. The van der Waals surface area contributed by atoms with Crippen molar-refractivity contribution in [3.63, 3.8) is 0 Å². The molecule has 0 amide bonds. The number of hydrogen-bond acceptors (Lipinski definition) is 4. The summed E-state index contributed by atoms with van der Waals surface area (Å²) >= 11 is 0. The van der Waals surface area contributed by atoms with Crippen LogP contribution in [0, 0.1) is 0 Å². The van der Waals surface area contributed by atoms with Crippen LogP contribution < -0.4 is 15.2 Å². The van der Waals surface area contributed by atoms with Crippen LogP contribution in [0.25, 0.3) is 0 Å². The van der Waals surface area contributed by atoms with E-state index in [1.54, 1.807) is 6.07 Å². The van der Waals surface area contributed by atoms with Crippen molar-refractivity contribution >= 4 is 12.4 Å². The zero-order valence-electron chi connectivity index (χ0n) is 8.98. The Morgan fingerprint density at radius 3 is 2.56 bits per heavy atom. The number of hydrogen-bond donors (Lipinski definition) is 2. The number of para-hydroxylation sites is 1. The topological polar surface area (TPSA) is 64.7 Å². The highest BCUT2D eigenvalue weighted by atomic mass is 35.5. The Morgan fingerprint density at radius 2 is 1.94 bits per heavy atom. The van der Waals surface area contributed by atoms with E-state index in [1.165, 1.54) is 12.1 Å². The predicted octanol–water partition coefficient (Wildman–Crippen LogP) is 1.76. The minimum atomic E-state index is -4.78. The second-order valence-electron chi connectivity index (χ2n) is 3.59. The van der Waals surface area contributed by atoms with Gasteiger partial charge in [-0.25, -0.2) is 0 Å². The maximum Gasteiger partial charge on any atom is 0.416 e. The molecule has 0 saturated carbocycles. The van der Waals surface area contributed by atoms with Crippen molar-refractivity contribution in [3.8, 4) is 11.5 Å². The van der Waals surface area contributed by atoms with Crippen molar-refractivity contribution in [3.05, 3.63) is 23.8 Å². The highest BCUT2D eigenvalue weighted by Crippen LogP contribution is 2.40. The van der Waals surface area contributed by atoms with Crippen LogP contribution in [0.15, 0.2) is 18.2 Å². The van der Waals surface area contributed by atoms with Gasteiger partial charge in [0.25, 0.3) is 0 Å². The maximum atomic E-state index is 12.3. The summed E-state index contributed by atoms with van der Waals surface area (Å²) in [5.41, 5.74) is 5.47. The molecule has 1 aromatic carbocycles. The number of nitrogens with two attached hydrogens (primary N) is 1. The molecule has 0 aromatic heterocycles. The van der Waals surface area contributed by atoms with Crippen LogP contribution in [0.1, 0.15) is 11.6 Å². The molecule has 0 spiro atoms. The summed E-state index contributed by atoms with van der Waals surface area (Å²) in [5, 5.41) is 9.09. The highest BCUT2D eigenvalue weighted by Gasteiger charge is 2.44. The van der Waals surface area contributed by atoms with Crippen molar-refractivity contribution in [2.24, 2.45) is 5.73 Å². The summed E-state index contributed by atoms with van der Waals surface area (Å²) < 4.78 is 47.1. The van der Waals surface area contributed by atoms with Gasteiger partial charge in [-0.05, 0) is 6.07 Å². The van der Waals surface area contributed by atoms with E-state index in [-0.39, 0.29) is 30.5 Å². The smallest absolute Gasteiger partial charge is 0.416 e. The average molecular weight is 286 g/mol. The molecule has 18 heavy (non-hydrogen) atoms. The molecule has 0 aliphatic carbocycles. The SMILES string of the molecule is Cl.N[C@H](c1cccc2c1OCO2)[C@@H](O)C(F)(F)F. The number of alkyl halides is 3. The summed E-state index contributed by atoms with van der Waals surface area (Å²) in [4.78, 5) is 0. The van der Waals surface area contributed by atoms with E-state index in [0.717, 1.165) is 0 Å². The molecule has 1 aromatic rings. The molecule has 1 aliphatic rings. The molecule has 1 heterocycles. The lowest BCUT2D eigenvalue weighted by Crippen LogP contribution is -2.38. The Kier molecular flexibility index (Phi) is 4.31. The van der Waals surface area contributed by atoms with Gasteiger partial charge in [0, 0.05) is 5.56 Å². The first-order chi connectivity index (χ1) is 7.91. The number of aliphatic hydroxyl groups excluding tert-OH is 1. The Bertz CT molecular complexity index is 427. The molecule has 3 N–H and O–H groups in total. The van der Waals surface area contributed by atoms with Gasteiger partial charge in [0.15, 0.2) is 17.6 Å². The lowest BCUT2D eigenvalue weighted by Gasteiger charge is -2.22. The van der Waals surface area contributed by atoms with Crippen molar-refractivity contribution in [2.75, 3.05) is 6.79 Å². The second kappa shape index (κ2) is 5.21. The Morgan fingerprint density at radius 1 is 1.28 bits per heavy atom. The minimum Gasteiger partial charge on any atom is -0.454 e. The molecule has 102 valence electrons. The second-order valence-corrected chi connectivity index (χ2v) is 3.59. The summed E-state index contributed by atoms with van der Waals surface area (Å²) in [7, 11) is 0. The van der Waals surface area contributed by atoms with Gasteiger partial charge in [-0.15, -0.1) is 12.4 Å². The first-order valence-electron chi connectivity index (χ1n) is 4.80. The third-order valence-corrected chi connectivity index (χ3v) is 2.46. The third kappa shape index (κ3) is 2.63. The van der Waals surface area contributed by atoms with Gasteiger partial charge >= 0.3 is 6.18 Å². The van der Waals surface area contributed by atoms with Gasteiger partial charge < -0.3 is 20.3 Å². The molecule has 8 heteroatoms. The summed E-state index contributed by atoms with van der Waals surface area (Å²) in [6.45, 7) is -0.0683. The number of halogens is 4. The first kappa shape index (κ1) is 14.9. The van der Waals surface area contributed by atoms with E-state index < -0.39 is 18.3 Å². The Labute approximate surface area is 107 Å². The predicted molar refractivity (Wildman–Crippen MR) is 58.8 cm³/mol. The Balaban J connectivity index is 0.00000162. The van der Waals surface area contributed by atoms with Crippen molar-refractivity contribution in [1.82, 2.24) is 0 Å². The van der Waals surface area contributed by atoms with Gasteiger partial charge in [-0.1, -0.05) is 12.1 Å². The number of rotatable bonds is 2. The minimum absolute atomic E-state index is 0. The van der Waals surface area contributed by atoms with Crippen LogP contribution in [-0.4, -0.2) is 24.2 Å². The summed E-state index contributed by atoms with van der Waals surface area (Å²) in [5.74, 6) is 0.482. The molecule has 0 saturated heterocycles. The van der Waals surface area contributed by atoms with Gasteiger partial charge in [0.2, 0.25) is 6.79 Å². The fraction of sp³-hybridized carbons (Fsp3) is 0.400. The molecule has 2 atom stereocenters. The molecule has 0 unspecified atom stereocenters. The van der Waals surface area contributed by atoms with Gasteiger partial charge in [0.05, 0.1) is 6.04 Å². The van der Waals surface area contributed by atoms with E-state index in [4.69, 9.17) is 20.3 Å². The highest BCUT2D eigenvalue weighted by molar-refractivity contribution is 5.85. The Hall–Kier alpha value is -1.18. The van der Waals surface area contributed by atoms with E-state index in [0.29, 0.717) is 5.75 Å². The van der Waals surface area contributed by atoms with Crippen molar-refractivity contribution in [2.45, 2.75) is 18.3 Å². The first-order valence-corrected chi connectivity index (χ1v) is 4.80. The third-order valence-electron chi connectivity index (χ3n) is 2.46. The molecular weight excluding hydrogens is 275 g/mol. The van der Waals surface area contributed by atoms with Crippen molar-refractivity contribution < 1.29 is 27.8 Å². The fourth-order valence-corrected chi connectivity index (χ4v) is 1.59. The number of fused-ring (bicyclic) bond motifs is 1. The number of ether oxygens (including phenoxy) is 2. The van der Waals surface area contributed by atoms with E-state index >= 15 is 0 Å². The summed E-state index contributed by atoms with van der Waals surface area (Å²) in [6, 6.07) is 2.81. The van der Waals surface area contributed by atoms with Crippen LogP contribution in [0.3, 0.4) is 0 Å². The van der Waals surface area contributed by atoms with Gasteiger partial charge in [-0.2, -0.15) is 13.2 Å². The number of aliphatic hydroxyl groups is 1. The molecular formula is C10H11ClF3NO3. The molecule has 0 bridgehead atoms. The normalized spacial score (nSPS) is 16.9. The van der Waals surface area contributed by atoms with Gasteiger partial charge in [-0.3, -0.25) is 0 Å². The monoisotopic (exact) mass is 285 g/mol. The summed E-state index contributed by atoms with van der Waals surface area (Å²) in [6.07, 6.45) is -7.42. The molecule has 1 aliphatic heterocycles. The van der Waals surface area contributed by atoms with Crippen molar-refractivity contribution in [1.29, 1.82) is 0 Å². The standard InChI is InChI=1S/C10H10F3NO3.ClH/c11-10(12,13)9(15)7(14)5-2-1-3-6-8(5)17-4-16-6;/h1-3,7,9,15H,4,14H2;1H/t7-,9-;/m1./s1. The van der Waals surface area contributed by atoms with E-state index in [1.807, 2.05) is 0 Å². The van der Waals surface area contributed by atoms with Crippen LogP contribution in [0.5, 0.6) is 11.5 Å². The maximum absolute atomic E-state index is 12.3. The lowest BCUT2D eigenvalue weighted by atomic mass is 10.0. The largest absolute Gasteiger partial charge is 0.454 e. The zero-order valence-corrected chi connectivity index (χ0v) is 9.79. The molecule has 0 fully saturated rings. The average Bonchev–Trinajstić information content (AvgIpc) is 2.73. The van der Waals surface area contributed by atoms with Crippen LogP contribution in [0.4, 0.5) is 13.2 Å². The van der Waals surface area contributed by atoms with E-state index in [9.17, 15) is 13.2 Å². The van der Waals surface area contributed by atoms with E-state index in [2.05, 4.69) is 0 Å². The van der Waals surface area contributed by atoms with Crippen LogP contribution >= 0.6 is 12.4 Å². The molecule has 2 rings (SSSR count). The molecule has 4 nitrogen and oxygen atoms in total. The number of benzene rings is 1. The quantitative estimate of drug-likeness (QED) is 0.869. The van der Waals surface area contributed by atoms with Gasteiger partial charge in [0.1, 0.15) is 0 Å².